The standard InChI is InChI=1S/C25H30FN5OS.C2H6/c1-16-11-19(26)7-6-18(16)13-30-10-2-3-20(14-30)32-23-12-24-27-28-25(29-33-21-8-9-21)31(24)15-22(23)17-4-5-17;1-2/h6-7,11-12,15,17,20-21H,2-5,8-10,13-14H2,1H3,(H,28,29);1-2H3. The van der Waals surface area contributed by atoms with E-state index in [2.05, 4.69) is 36.5 Å². The highest BCUT2D eigenvalue weighted by atomic mass is 32.2. The van der Waals surface area contributed by atoms with Crippen molar-refractivity contribution < 1.29 is 9.13 Å². The van der Waals surface area contributed by atoms with Crippen molar-refractivity contribution in [2.45, 2.75) is 83.1 Å². The number of nitrogens with one attached hydrogen (secondary N) is 1. The predicted molar refractivity (Wildman–Crippen MR) is 141 cm³/mol. The lowest BCUT2D eigenvalue weighted by Crippen LogP contribution is -2.40. The third-order valence-electron chi connectivity index (χ3n) is 6.85. The fraction of sp³-hybridized carbons (Fsp3) is 0.556. The number of aromatic nitrogens is 3. The van der Waals surface area contributed by atoms with Crippen molar-refractivity contribution in [2.75, 3.05) is 17.8 Å². The van der Waals surface area contributed by atoms with Gasteiger partial charge >= 0.3 is 0 Å². The van der Waals surface area contributed by atoms with Crippen LogP contribution in [0, 0.1) is 12.7 Å². The summed E-state index contributed by atoms with van der Waals surface area (Å²) in [6.07, 6.45) is 9.45. The van der Waals surface area contributed by atoms with E-state index in [9.17, 15) is 4.39 Å². The molecule has 188 valence electrons. The Hall–Kier alpha value is -2.32. The highest BCUT2D eigenvalue weighted by Gasteiger charge is 2.31. The van der Waals surface area contributed by atoms with Crippen molar-refractivity contribution in [2.24, 2.45) is 0 Å². The molecule has 1 N–H and O–H groups in total. The molecule has 6 nitrogen and oxygen atoms in total. The van der Waals surface area contributed by atoms with E-state index < -0.39 is 0 Å². The Morgan fingerprint density at radius 2 is 1.94 bits per heavy atom. The minimum atomic E-state index is -0.169. The van der Waals surface area contributed by atoms with E-state index in [1.807, 2.05) is 26.8 Å². The number of rotatable bonds is 8. The minimum Gasteiger partial charge on any atom is -0.489 e. The first-order valence-corrected chi connectivity index (χ1v) is 13.9. The molecule has 0 amide bonds. The maximum Gasteiger partial charge on any atom is 0.239 e. The maximum absolute atomic E-state index is 13.5. The molecule has 2 saturated carbocycles. The number of hydrogen-bond donors (Lipinski definition) is 1. The fourth-order valence-corrected chi connectivity index (χ4v) is 5.42. The molecule has 35 heavy (non-hydrogen) atoms. The normalized spacial score (nSPS) is 20.4. The first kappa shape index (κ1) is 24.4. The lowest BCUT2D eigenvalue weighted by molar-refractivity contribution is 0.0834. The van der Waals surface area contributed by atoms with Crippen LogP contribution >= 0.6 is 11.9 Å². The van der Waals surface area contributed by atoms with E-state index in [0.717, 1.165) is 55.4 Å². The Morgan fingerprint density at radius 3 is 2.69 bits per heavy atom. The predicted octanol–water partition coefficient (Wildman–Crippen LogP) is 6.35. The average molecular weight is 498 g/mol. The Morgan fingerprint density at radius 1 is 1.11 bits per heavy atom. The number of halogens is 1. The second-order valence-electron chi connectivity index (χ2n) is 9.73. The van der Waals surface area contributed by atoms with Gasteiger partial charge in [-0.2, -0.15) is 0 Å². The van der Waals surface area contributed by atoms with Gasteiger partial charge < -0.3 is 4.74 Å². The largest absolute Gasteiger partial charge is 0.489 e. The van der Waals surface area contributed by atoms with Crippen molar-refractivity contribution in [3.63, 3.8) is 0 Å². The number of likely N-dealkylation sites (tertiary alicyclic amines) is 1. The third kappa shape index (κ3) is 5.92. The molecule has 3 heterocycles. The second-order valence-corrected chi connectivity index (χ2v) is 10.8. The number of aryl methyl sites for hydroxylation is 1. The lowest BCUT2D eigenvalue weighted by atomic mass is 10.0. The summed E-state index contributed by atoms with van der Waals surface area (Å²) in [5.41, 5.74) is 4.29. The van der Waals surface area contributed by atoms with E-state index in [0.29, 0.717) is 11.2 Å². The second kappa shape index (κ2) is 10.7. The van der Waals surface area contributed by atoms with Crippen LogP contribution in [0.1, 0.15) is 75.0 Å². The summed E-state index contributed by atoms with van der Waals surface area (Å²) in [4.78, 5) is 2.43. The van der Waals surface area contributed by atoms with Crippen LogP contribution in [0.15, 0.2) is 30.5 Å². The van der Waals surface area contributed by atoms with Crippen LogP contribution in [0.3, 0.4) is 0 Å². The molecule has 3 aliphatic rings. The van der Waals surface area contributed by atoms with Gasteiger partial charge in [-0.15, -0.1) is 10.2 Å². The minimum absolute atomic E-state index is 0.144. The van der Waals surface area contributed by atoms with E-state index >= 15 is 0 Å². The summed E-state index contributed by atoms with van der Waals surface area (Å²) in [7, 11) is 0. The quantitative estimate of drug-likeness (QED) is 0.366. The Kier molecular flexibility index (Phi) is 7.48. The van der Waals surface area contributed by atoms with Crippen LogP contribution in [0.25, 0.3) is 5.65 Å². The molecular weight excluding hydrogens is 461 g/mol. The molecule has 1 saturated heterocycles. The molecule has 8 heteroatoms. The van der Waals surface area contributed by atoms with Crippen LogP contribution in [0.5, 0.6) is 5.75 Å². The van der Waals surface area contributed by atoms with Crippen LogP contribution in [-0.4, -0.2) is 43.9 Å². The summed E-state index contributed by atoms with van der Waals surface area (Å²) in [6.45, 7) is 8.74. The van der Waals surface area contributed by atoms with Gasteiger partial charge in [-0.05, 0) is 93.1 Å². The monoisotopic (exact) mass is 497 g/mol. The number of hydrogen-bond acceptors (Lipinski definition) is 6. The van der Waals surface area contributed by atoms with Gasteiger partial charge in [0.05, 0.1) is 0 Å². The molecule has 3 aromatic rings. The van der Waals surface area contributed by atoms with Crippen molar-refractivity contribution >= 4 is 23.5 Å². The number of pyridine rings is 1. The number of anilines is 1. The number of benzene rings is 1. The molecule has 1 aromatic carbocycles. The Balaban J connectivity index is 0.00000124. The molecule has 1 atom stereocenters. The number of fused-ring (bicyclic) bond motifs is 1. The zero-order valence-corrected chi connectivity index (χ0v) is 21.8. The number of nitrogens with zero attached hydrogens (tertiary/aromatic N) is 4. The summed E-state index contributed by atoms with van der Waals surface area (Å²) < 4.78 is 25.6. The topological polar surface area (TPSA) is 54.7 Å². The van der Waals surface area contributed by atoms with Gasteiger partial charge in [-0.1, -0.05) is 19.9 Å². The van der Waals surface area contributed by atoms with Crippen LogP contribution in [0.2, 0.25) is 0 Å². The van der Waals surface area contributed by atoms with Crippen molar-refractivity contribution in [3.05, 3.63) is 53.0 Å². The van der Waals surface area contributed by atoms with Crippen LogP contribution < -0.4 is 9.46 Å². The third-order valence-corrected chi connectivity index (χ3v) is 7.95. The molecule has 6 rings (SSSR count). The molecule has 1 unspecified atom stereocenters. The molecule has 2 aromatic heterocycles. The van der Waals surface area contributed by atoms with Crippen molar-refractivity contribution in [3.8, 4) is 5.75 Å². The molecule has 1 aliphatic heterocycles. The van der Waals surface area contributed by atoms with Crippen LogP contribution in [0.4, 0.5) is 10.3 Å². The lowest BCUT2D eigenvalue weighted by Gasteiger charge is -2.33. The van der Waals surface area contributed by atoms with E-state index in [1.165, 1.54) is 36.8 Å². The van der Waals surface area contributed by atoms with Gasteiger partial charge in [0.1, 0.15) is 17.7 Å². The first-order valence-electron chi connectivity index (χ1n) is 13.1. The molecule has 3 fully saturated rings. The summed E-state index contributed by atoms with van der Waals surface area (Å²) in [5, 5.41) is 9.47. The van der Waals surface area contributed by atoms with E-state index in [4.69, 9.17) is 4.74 Å². The molecule has 2 aliphatic carbocycles. The summed E-state index contributed by atoms with van der Waals surface area (Å²) in [5.74, 6) is 2.16. The molecule has 0 spiro atoms. The van der Waals surface area contributed by atoms with Gasteiger partial charge in [0.15, 0.2) is 5.65 Å². The Bertz CT molecular complexity index is 1160. The first-order chi connectivity index (χ1) is 17.1. The van der Waals surface area contributed by atoms with E-state index in [1.54, 1.807) is 24.1 Å². The van der Waals surface area contributed by atoms with Crippen LogP contribution in [-0.2, 0) is 6.54 Å². The molecule has 0 bridgehead atoms. The highest BCUT2D eigenvalue weighted by molar-refractivity contribution is 8.01. The SMILES string of the molecule is CC.Cc1cc(F)ccc1CN1CCCC(Oc2cc3nnc(NSC4CC4)n3cc2C2CC2)C1. The number of piperidine rings is 1. The van der Waals surface area contributed by atoms with Crippen molar-refractivity contribution in [1.29, 1.82) is 0 Å². The smallest absolute Gasteiger partial charge is 0.239 e. The van der Waals surface area contributed by atoms with Gasteiger partial charge in [-0.25, -0.2) is 4.39 Å². The molecular formula is C27H36FN5OS. The zero-order chi connectivity index (χ0) is 24.4. The molecule has 0 radical (unpaired) electrons. The van der Waals surface area contributed by atoms with Crippen molar-refractivity contribution in [1.82, 2.24) is 19.5 Å². The maximum atomic E-state index is 13.5. The zero-order valence-electron chi connectivity index (χ0n) is 21.0. The van der Waals surface area contributed by atoms with Gasteiger partial charge in [0.25, 0.3) is 0 Å². The average Bonchev–Trinajstić information content (AvgIpc) is 3.80. The highest BCUT2D eigenvalue weighted by Crippen LogP contribution is 2.45. The van der Waals surface area contributed by atoms with E-state index in [-0.39, 0.29) is 11.9 Å². The van der Waals surface area contributed by atoms with Gasteiger partial charge in [0, 0.05) is 36.2 Å². The van der Waals surface area contributed by atoms with Gasteiger partial charge in [0.2, 0.25) is 5.95 Å². The summed E-state index contributed by atoms with van der Waals surface area (Å²) >= 11 is 1.75. The van der Waals surface area contributed by atoms with Gasteiger partial charge in [-0.3, -0.25) is 14.0 Å². The Labute approximate surface area is 211 Å². The number of ether oxygens (including phenoxy) is 1. The summed E-state index contributed by atoms with van der Waals surface area (Å²) in [6, 6.07) is 7.15. The fourth-order valence-electron chi connectivity index (χ4n) is 4.64.